The van der Waals surface area contributed by atoms with E-state index in [0.29, 0.717) is 5.82 Å². The number of carbonyl (C=O) groups is 1. The summed E-state index contributed by atoms with van der Waals surface area (Å²) in [6.07, 6.45) is 0.976. The minimum atomic E-state index is -0.483. The van der Waals surface area contributed by atoms with Gasteiger partial charge in [-0.15, -0.1) is 0 Å². The highest BCUT2D eigenvalue weighted by Crippen LogP contribution is 2.15. The largest absolute Gasteiger partial charge is 0.464 e. The second-order valence-corrected chi connectivity index (χ2v) is 4.42. The van der Waals surface area contributed by atoms with E-state index in [1.54, 1.807) is 0 Å². The van der Waals surface area contributed by atoms with E-state index in [-0.39, 0.29) is 5.69 Å². The molecule has 0 unspecified atom stereocenters. The number of carbonyl (C=O) groups excluding carboxylic acids is 1. The van der Waals surface area contributed by atoms with E-state index in [1.807, 2.05) is 11.5 Å². The Balaban J connectivity index is 2.69. The van der Waals surface area contributed by atoms with Crippen molar-refractivity contribution >= 4 is 11.8 Å². The number of anilines is 1. The van der Waals surface area contributed by atoms with Crippen molar-refractivity contribution in [2.45, 2.75) is 33.7 Å². The van der Waals surface area contributed by atoms with Crippen molar-refractivity contribution in [2.75, 3.05) is 32.5 Å². The lowest BCUT2D eigenvalue weighted by molar-refractivity contribution is 0.0595. The molecule has 0 aliphatic rings. The topological polar surface area (TPSA) is 73.4 Å². The summed E-state index contributed by atoms with van der Waals surface area (Å²) >= 11 is 0. The zero-order valence-electron chi connectivity index (χ0n) is 12.3. The number of nitrogen functional groups attached to an aromatic ring is 1. The van der Waals surface area contributed by atoms with Crippen LogP contribution in [0, 0.1) is 6.92 Å². The average Bonchev–Trinajstić information content (AvgIpc) is 2.70. The molecule has 0 saturated heterocycles. The van der Waals surface area contributed by atoms with Gasteiger partial charge in [-0.05, 0) is 33.0 Å². The molecule has 0 aliphatic carbocycles. The molecule has 1 aromatic heterocycles. The minimum absolute atomic E-state index is 0.211. The molecular weight excluding hydrogens is 244 g/mol. The van der Waals surface area contributed by atoms with Crippen molar-refractivity contribution in [3.8, 4) is 0 Å². The van der Waals surface area contributed by atoms with E-state index in [0.717, 1.165) is 38.4 Å². The molecule has 6 nitrogen and oxygen atoms in total. The predicted octanol–water partition coefficient (Wildman–Crippen LogP) is 1.29. The molecule has 0 spiro atoms. The zero-order chi connectivity index (χ0) is 14.4. The molecule has 108 valence electrons. The number of rotatable bonds is 7. The predicted molar refractivity (Wildman–Crippen MR) is 75.1 cm³/mol. The molecule has 1 aromatic rings. The summed E-state index contributed by atoms with van der Waals surface area (Å²) in [5.74, 6) is 0.657. The Morgan fingerprint density at radius 3 is 2.58 bits per heavy atom. The molecule has 0 atom stereocenters. The van der Waals surface area contributed by atoms with Crippen molar-refractivity contribution in [3.05, 3.63) is 11.5 Å². The van der Waals surface area contributed by atoms with Gasteiger partial charge in [-0.1, -0.05) is 13.8 Å². The van der Waals surface area contributed by atoms with Gasteiger partial charge in [0.1, 0.15) is 11.6 Å². The van der Waals surface area contributed by atoms with Gasteiger partial charge in [0.05, 0.1) is 7.11 Å². The molecule has 6 heteroatoms. The second-order valence-electron chi connectivity index (χ2n) is 4.42. The lowest BCUT2D eigenvalue weighted by Crippen LogP contribution is -2.25. The molecule has 0 bridgehead atoms. The summed E-state index contributed by atoms with van der Waals surface area (Å²) in [7, 11) is 1.33. The van der Waals surface area contributed by atoms with Gasteiger partial charge in [-0.25, -0.2) is 9.78 Å². The van der Waals surface area contributed by atoms with Crippen molar-refractivity contribution in [3.63, 3.8) is 0 Å². The molecule has 0 aromatic carbocycles. The molecular formula is C13H24N4O2. The third-order valence-electron chi connectivity index (χ3n) is 3.33. The van der Waals surface area contributed by atoms with Crippen LogP contribution in [0.3, 0.4) is 0 Å². The summed E-state index contributed by atoms with van der Waals surface area (Å²) < 4.78 is 6.53. The first-order chi connectivity index (χ1) is 9.04. The molecule has 0 aliphatic heterocycles. The van der Waals surface area contributed by atoms with Crippen LogP contribution in [-0.4, -0.2) is 47.2 Å². The molecule has 0 radical (unpaired) electrons. The highest BCUT2D eigenvalue weighted by atomic mass is 16.5. The van der Waals surface area contributed by atoms with Crippen LogP contribution >= 0.6 is 0 Å². The Morgan fingerprint density at radius 2 is 2.05 bits per heavy atom. The summed E-state index contributed by atoms with van der Waals surface area (Å²) in [5.41, 5.74) is 6.16. The number of ether oxygens (including phenoxy) is 1. The Morgan fingerprint density at radius 1 is 1.42 bits per heavy atom. The van der Waals surface area contributed by atoms with Crippen LogP contribution in [0.5, 0.6) is 0 Å². The van der Waals surface area contributed by atoms with E-state index in [1.165, 1.54) is 7.11 Å². The average molecular weight is 268 g/mol. The number of aryl methyl sites for hydroxylation is 1. The fourth-order valence-electron chi connectivity index (χ4n) is 2.10. The van der Waals surface area contributed by atoms with Crippen molar-refractivity contribution in [1.29, 1.82) is 0 Å². The van der Waals surface area contributed by atoms with E-state index < -0.39 is 5.97 Å². The fraction of sp³-hybridized carbons (Fsp3) is 0.692. The first-order valence-corrected chi connectivity index (χ1v) is 6.68. The summed E-state index contributed by atoms with van der Waals surface area (Å²) in [6, 6.07) is 0. The molecule has 1 rings (SSSR count). The Labute approximate surface area is 114 Å². The van der Waals surface area contributed by atoms with Crippen molar-refractivity contribution < 1.29 is 9.53 Å². The number of methoxy groups -OCH3 is 1. The Kier molecular flexibility index (Phi) is 5.82. The van der Waals surface area contributed by atoms with Crippen LogP contribution in [0.2, 0.25) is 0 Å². The molecule has 19 heavy (non-hydrogen) atoms. The molecule has 0 fully saturated rings. The Hall–Kier alpha value is -1.56. The summed E-state index contributed by atoms with van der Waals surface area (Å²) in [6.45, 7) is 10.0. The Bertz CT molecular complexity index is 425. The molecule has 1 heterocycles. The van der Waals surface area contributed by atoms with Gasteiger partial charge >= 0.3 is 5.97 Å². The lowest BCUT2D eigenvalue weighted by Gasteiger charge is -2.18. The summed E-state index contributed by atoms with van der Waals surface area (Å²) in [5, 5.41) is 0. The van der Waals surface area contributed by atoms with Crippen LogP contribution < -0.4 is 5.73 Å². The monoisotopic (exact) mass is 268 g/mol. The first-order valence-electron chi connectivity index (χ1n) is 6.68. The number of esters is 1. The zero-order valence-corrected chi connectivity index (χ0v) is 12.3. The number of aromatic nitrogens is 2. The third-order valence-corrected chi connectivity index (χ3v) is 3.33. The second kappa shape index (κ2) is 7.13. The maximum atomic E-state index is 11.5. The van der Waals surface area contributed by atoms with Gasteiger partial charge in [0.25, 0.3) is 0 Å². The van der Waals surface area contributed by atoms with Gasteiger partial charge in [-0.3, -0.25) is 0 Å². The van der Waals surface area contributed by atoms with Crippen LogP contribution in [0.25, 0.3) is 0 Å². The standard InChI is InChI=1S/C13H24N4O2/c1-5-16(6-2)8-7-9-17-10(3)15-11(12(17)14)13(18)19-4/h5-9,14H2,1-4H3. The van der Waals surface area contributed by atoms with Gasteiger partial charge in [0.2, 0.25) is 0 Å². The number of nitrogens with zero attached hydrogens (tertiary/aromatic N) is 3. The van der Waals surface area contributed by atoms with Crippen LogP contribution in [0.4, 0.5) is 5.82 Å². The first kappa shape index (κ1) is 15.5. The van der Waals surface area contributed by atoms with Crippen LogP contribution in [0.1, 0.15) is 36.6 Å². The molecule has 0 saturated carbocycles. The fourth-order valence-corrected chi connectivity index (χ4v) is 2.10. The molecule has 2 N–H and O–H groups in total. The smallest absolute Gasteiger partial charge is 0.360 e. The van der Waals surface area contributed by atoms with Crippen LogP contribution in [0.15, 0.2) is 0 Å². The van der Waals surface area contributed by atoms with E-state index >= 15 is 0 Å². The van der Waals surface area contributed by atoms with Crippen molar-refractivity contribution in [1.82, 2.24) is 14.5 Å². The highest BCUT2D eigenvalue weighted by Gasteiger charge is 2.18. The van der Waals surface area contributed by atoms with Gasteiger partial charge < -0.3 is 19.9 Å². The highest BCUT2D eigenvalue weighted by molar-refractivity contribution is 5.92. The van der Waals surface area contributed by atoms with Crippen molar-refractivity contribution in [2.24, 2.45) is 0 Å². The molecule has 0 amide bonds. The third kappa shape index (κ3) is 3.70. The number of nitrogens with two attached hydrogens (primary N) is 1. The van der Waals surface area contributed by atoms with E-state index in [2.05, 4.69) is 28.5 Å². The van der Waals surface area contributed by atoms with Gasteiger partial charge in [0.15, 0.2) is 5.69 Å². The number of hydrogen-bond acceptors (Lipinski definition) is 5. The lowest BCUT2D eigenvalue weighted by atomic mass is 10.3. The SMILES string of the molecule is CCN(CC)CCCn1c(C)nc(C(=O)OC)c1N. The quantitative estimate of drug-likeness (QED) is 0.754. The van der Waals surface area contributed by atoms with Gasteiger partial charge in [0, 0.05) is 6.54 Å². The minimum Gasteiger partial charge on any atom is -0.464 e. The number of hydrogen-bond donors (Lipinski definition) is 1. The van der Waals surface area contributed by atoms with Crippen LogP contribution in [-0.2, 0) is 11.3 Å². The number of imidazole rings is 1. The van der Waals surface area contributed by atoms with E-state index in [4.69, 9.17) is 5.73 Å². The maximum absolute atomic E-state index is 11.5. The van der Waals surface area contributed by atoms with E-state index in [9.17, 15) is 4.79 Å². The van der Waals surface area contributed by atoms with Gasteiger partial charge in [-0.2, -0.15) is 0 Å². The normalized spacial score (nSPS) is 11.0. The maximum Gasteiger partial charge on any atom is 0.360 e. The summed E-state index contributed by atoms with van der Waals surface area (Å²) in [4.78, 5) is 18.0.